The zero-order valence-corrected chi connectivity index (χ0v) is 12.5. The summed E-state index contributed by atoms with van der Waals surface area (Å²) >= 11 is 1.66. The van der Waals surface area contributed by atoms with Gasteiger partial charge in [-0.25, -0.2) is 4.98 Å². The fraction of sp³-hybridized carbons (Fsp3) is 0.467. The van der Waals surface area contributed by atoms with Gasteiger partial charge >= 0.3 is 0 Å². The topological polar surface area (TPSA) is 49.6 Å². The maximum absolute atomic E-state index is 12.5. The molecule has 1 saturated carbocycles. The Morgan fingerprint density at radius 2 is 2.19 bits per heavy atom. The highest BCUT2D eigenvalue weighted by molar-refractivity contribution is 7.13. The lowest BCUT2D eigenvalue weighted by Gasteiger charge is -2.34. The van der Waals surface area contributed by atoms with Crippen LogP contribution in [0.3, 0.4) is 0 Å². The van der Waals surface area contributed by atoms with Crippen molar-refractivity contribution in [3.63, 3.8) is 0 Å². The number of amides is 1. The van der Waals surface area contributed by atoms with Gasteiger partial charge in [0.25, 0.3) is 0 Å². The number of carbonyl (C=O) groups is 1. The third-order valence-electron chi connectivity index (χ3n) is 4.30. The smallest absolute Gasteiger partial charge is 0.226 e. The van der Waals surface area contributed by atoms with E-state index in [4.69, 9.17) is 4.42 Å². The maximum Gasteiger partial charge on any atom is 0.226 e. The maximum atomic E-state index is 12.5. The van der Waals surface area contributed by atoms with Gasteiger partial charge in [-0.3, -0.25) is 4.79 Å². The van der Waals surface area contributed by atoms with Crippen LogP contribution in [0.1, 0.15) is 18.1 Å². The summed E-state index contributed by atoms with van der Waals surface area (Å²) in [7, 11) is 0. The summed E-state index contributed by atoms with van der Waals surface area (Å²) in [5.74, 6) is 1.66. The number of thiazole rings is 1. The number of piperazine rings is 1. The minimum absolute atomic E-state index is 0.127. The van der Waals surface area contributed by atoms with Gasteiger partial charge < -0.3 is 14.2 Å². The van der Waals surface area contributed by atoms with Crippen LogP contribution in [0.5, 0.6) is 0 Å². The van der Waals surface area contributed by atoms with Gasteiger partial charge in [0.1, 0.15) is 5.76 Å². The SMILES string of the molecule is O=C([C@H]1C[C@@H]1c1ccco1)N1CCN(c2nccs2)CC1. The van der Waals surface area contributed by atoms with E-state index in [2.05, 4.69) is 9.88 Å². The van der Waals surface area contributed by atoms with Crippen LogP contribution in [0.25, 0.3) is 0 Å². The summed E-state index contributed by atoms with van der Waals surface area (Å²) in [5.41, 5.74) is 0. The lowest BCUT2D eigenvalue weighted by molar-refractivity contribution is -0.133. The molecule has 1 aliphatic heterocycles. The summed E-state index contributed by atoms with van der Waals surface area (Å²) in [6.07, 6.45) is 4.44. The Bertz CT molecular complexity index is 603. The van der Waals surface area contributed by atoms with Gasteiger partial charge in [-0.1, -0.05) is 0 Å². The van der Waals surface area contributed by atoms with E-state index in [1.54, 1.807) is 17.6 Å². The Morgan fingerprint density at radius 1 is 1.33 bits per heavy atom. The van der Waals surface area contributed by atoms with Crippen molar-refractivity contribution < 1.29 is 9.21 Å². The summed E-state index contributed by atoms with van der Waals surface area (Å²) in [4.78, 5) is 21.1. The first-order chi connectivity index (χ1) is 10.3. The van der Waals surface area contributed by atoms with Gasteiger partial charge in [0.15, 0.2) is 5.13 Å². The second-order valence-corrected chi connectivity index (χ2v) is 6.46. The number of furan rings is 1. The number of hydrogen-bond donors (Lipinski definition) is 0. The van der Waals surface area contributed by atoms with Crippen molar-refractivity contribution in [2.75, 3.05) is 31.1 Å². The van der Waals surface area contributed by atoms with Crippen molar-refractivity contribution in [3.8, 4) is 0 Å². The van der Waals surface area contributed by atoms with E-state index in [0.29, 0.717) is 5.92 Å². The summed E-state index contributed by atoms with van der Waals surface area (Å²) in [5, 5.41) is 3.05. The third-order valence-corrected chi connectivity index (χ3v) is 5.13. The minimum Gasteiger partial charge on any atom is -0.469 e. The highest BCUT2D eigenvalue weighted by Crippen LogP contribution is 2.48. The molecule has 6 heteroatoms. The summed E-state index contributed by atoms with van der Waals surface area (Å²) in [6.45, 7) is 3.33. The van der Waals surface area contributed by atoms with Crippen LogP contribution >= 0.6 is 11.3 Å². The van der Waals surface area contributed by atoms with E-state index in [1.165, 1.54) is 0 Å². The zero-order valence-electron chi connectivity index (χ0n) is 11.6. The van der Waals surface area contributed by atoms with Crippen molar-refractivity contribution in [2.24, 2.45) is 5.92 Å². The fourth-order valence-electron chi connectivity index (χ4n) is 3.01. The normalized spacial score (nSPS) is 25.1. The molecule has 2 aliphatic rings. The second-order valence-electron chi connectivity index (χ2n) is 5.59. The molecule has 0 N–H and O–H groups in total. The molecule has 2 aromatic heterocycles. The quantitative estimate of drug-likeness (QED) is 0.872. The van der Waals surface area contributed by atoms with E-state index in [-0.39, 0.29) is 11.8 Å². The lowest BCUT2D eigenvalue weighted by atomic mass is 10.2. The highest BCUT2D eigenvalue weighted by atomic mass is 32.1. The fourth-order valence-corrected chi connectivity index (χ4v) is 3.71. The molecule has 1 aliphatic carbocycles. The molecule has 110 valence electrons. The van der Waals surface area contributed by atoms with Crippen LogP contribution in [0.4, 0.5) is 5.13 Å². The predicted molar refractivity (Wildman–Crippen MR) is 80.5 cm³/mol. The molecule has 2 aromatic rings. The van der Waals surface area contributed by atoms with Gasteiger partial charge in [-0.2, -0.15) is 0 Å². The van der Waals surface area contributed by atoms with Crippen molar-refractivity contribution in [1.29, 1.82) is 0 Å². The standard InChI is InChI=1S/C15H17N3O2S/c19-14(12-10-11(12)13-2-1-8-20-13)17-4-6-18(7-5-17)15-16-3-9-21-15/h1-3,8-9,11-12H,4-7,10H2/t11-,12-/m0/s1. The van der Waals surface area contributed by atoms with E-state index in [9.17, 15) is 4.79 Å². The molecule has 0 radical (unpaired) electrons. The summed E-state index contributed by atoms with van der Waals surface area (Å²) in [6, 6.07) is 3.86. The van der Waals surface area contributed by atoms with Gasteiger partial charge in [-0.15, -0.1) is 11.3 Å². The largest absolute Gasteiger partial charge is 0.469 e. The van der Waals surface area contributed by atoms with Crippen molar-refractivity contribution in [1.82, 2.24) is 9.88 Å². The average Bonchev–Trinajstić information content (AvgIpc) is 2.98. The second kappa shape index (κ2) is 5.18. The van der Waals surface area contributed by atoms with Crippen LogP contribution < -0.4 is 4.90 Å². The molecular weight excluding hydrogens is 286 g/mol. The number of hydrogen-bond acceptors (Lipinski definition) is 5. The lowest BCUT2D eigenvalue weighted by Crippen LogP contribution is -2.49. The van der Waals surface area contributed by atoms with Crippen LogP contribution in [-0.2, 0) is 4.79 Å². The number of rotatable bonds is 3. The van der Waals surface area contributed by atoms with Crippen LogP contribution in [-0.4, -0.2) is 42.0 Å². The average molecular weight is 303 g/mol. The molecule has 1 amide bonds. The molecule has 3 heterocycles. The minimum atomic E-state index is 0.127. The Labute approximate surface area is 127 Å². The Morgan fingerprint density at radius 3 is 2.86 bits per heavy atom. The van der Waals surface area contributed by atoms with Gasteiger partial charge in [0.2, 0.25) is 5.91 Å². The molecule has 2 atom stereocenters. The molecule has 5 nitrogen and oxygen atoms in total. The third kappa shape index (κ3) is 2.44. The van der Waals surface area contributed by atoms with E-state index in [1.807, 2.05) is 28.6 Å². The highest BCUT2D eigenvalue weighted by Gasteiger charge is 2.47. The molecule has 4 rings (SSSR count). The first-order valence-corrected chi connectivity index (χ1v) is 8.17. The number of carbonyl (C=O) groups excluding carboxylic acids is 1. The molecule has 0 bridgehead atoms. The Balaban J connectivity index is 1.33. The van der Waals surface area contributed by atoms with Crippen molar-refractivity contribution in [2.45, 2.75) is 12.3 Å². The molecule has 21 heavy (non-hydrogen) atoms. The molecule has 0 spiro atoms. The van der Waals surface area contributed by atoms with Crippen LogP contribution in [0.2, 0.25) is 0 Å². The van der Waals surface area contributed by atoms with E-state index >= 15 is 0 Å². The van der Waals surface area contributed by atoms with Crippen molar-refractivity contribution in [3.05, 3.63) is 35.7 Å². The monoisotopic (exact) mass is 303 g/mol. The summed E-state index contributed by atoms with van der Waals surface area (Å²) < 4.78 is 5.41. The van der Waals surface area contributed by atoms with Crippen molar-refractivity contribution >= 4 is 22.4 Å². The van der Waals surface area contributed by atoms with Gasteiger partial charge in [0, 0.05) is 49.6 Å². The molecule has 1 saturated heterocycles. The van der Waals surface area contributed by atoms with Gasteiger partial charge in [0.05, 0.1) is 6.26 Å². The molecular formula is C15H17N3O2S. The molecule has 0 unspecified atom stereocenters. The molecule has 0 aromatic carbocycles. The Hall–Kier alpha value is -1.82. The Kier molecular flexibility index (Phi) is 3.18. The number of anilines is 1. The number of aromatic nitrogens is 1. The van der Waals surface area contributed by atoms with Crippen LogP contribution in [0, 0.1) is 5.92 Å². The first-order valence-electron chi connectivity index (χ1n) is 7.29. The predicted octanol–water partition coefficient (Wildman–Crippen LogP) is 2.19. The van der Waals surface area contributed by atoms with E-state index < -0.39 is 0 Å². The van der Waals surface area contributed by atoms with E-state index in [0.717, 1.165) is 43.5 Å². The zero-order chi connectivity index (χ0) is 14.2. The molecule has 2 fully saturated rings. The van der Waals surface area contributed by atoms with Gasteiger partial charge in [-0.05, 0) is 18.6 Å². The number of nitrogens with zero attached hydrogens (tertiary/aromatic N) is 3. The van der Waals surface area contributed by atoms with Crippen LogP contribution in [0.15, 0.2) is 34.4 Å². The first kappa shape index (κ1) is 12.9.